The van der Waals surface area contributed by atoms with Crippen molar-refractivity contribution in [2.75, 3.05) is 19.5 Å². The fourth-order valence-corrected chi connectivity index (χ4v) is 3.03. The first-order valence-corrected chi connectivity index (χ1v) is 9.02. The van der Waals surface area contributed by atoms with Crippen molar-refractivity contribution < 1.29 is 23.9 Å². The van der Waals surface area contributed by atoms with Crippen LogP contribution in [0.4, 0.5) is 5.69 Å². The molecule has 0 aromatic heterocycles. The smallest absolute Gasteiger partial charge is 0.337 e. The molecule has 0 radical (unpaired) electrons. The minimum Gasteiger partial charge on any atom is -0.465 e. The van der Waals surface area contributed by atoms with Gasteiger partial charge in [-0.15, -0.1) is 0 Å². The molecule has 28 heavy (non-hydrogen) atoms. The molecule has 1 atom stereocenters. The number of ether oxygens (including phenoxy) is 2. The molecule has 2 aromatic rings. The second-order valence-electron chi connectivity index (χ2n) is 6.54. The van der Waals surface area contributed by atoms with Gasteiger partial charge in [0, 0.05) is 10.7 Å². The minimum absolute atomic E-state index is 0.00467. The van der Waals surface area contributed by atoms with Crippen LogP contribution in [0, 0.1) is 5.92 Å². The van der Waals surface area contributed by atoms with Crippen LogP contribution >= 0.6 is 11.6 Å². The van der Waals surface area contributed by atoms with Crippen molar-refractivity contribution in [2.45, 2.75) is 19.8 Å². The molecular weight excluding hydrogens is 382 g/mol. The number of anilines is 1. The van der Waals surface area contributed by atoms with Gasteiger partial charge in [-0.1, -0.05) is 37.6 Å². The maximum Gasteiger partial charge on any atom is 0.337 e. The number of hydrogen-bond acceptors (Lipinski definition) is 5. The van der Waals surface area contributed by atoms with Gasteiger partial charge >= 0.3 is 11.9 Å². The van der Waals surface area contributed by atoms with Gasteiger partial charge in [0.25, 0.3) is 0 Å². The molecule has 1 N–H and O–H groups in total. The van der Waals surface area contributed by atoms with E-state index in [9.17, 15) is 14.4 Å². The highest BCUT2D eigenvalue weighted by atomic mass is 35.5. The standard InChI is InChI=1S/C21H22ClNO5/c1-12(2)18(13-5-7-16(22)8-6-13)19(24)23-17-10-14(20(25)27-3)9-15(11-17)21(26)28-4/h5-12,18H,1-4H3,(H,23,24)/t18-/m1/s1. The summed E-state index contributed by atoms with van der Waals surface area (Å²) in [4.78, 5) is 36.8. The number of benzene rings is 2. The lowest BCUT2D eigenvalue weighted by Crippen LogP contribution is -2.25. The topological polar surface area (TPSA) is 81.7 Å². The summed E-state index contributed by atoms with van der Waals surface area (Å²) in [6.07, 6.45) is 0. The van der Waals surface area contributed by atoms with Crippen molar-refractivity contribution in [3.8, 4) is 0 Å². The molecule has 0 aliphatic rings. The van der Waals surface area contributed by atoms with Crippen LogP contribution in [-0.2, 0) is 14.3 Å². The molecule has 0 fully saturated rings. The number of halogens is 1. The van der Waals surface area contributed by atoms with Crippen molar-refractivity contribution in [2.24, 2.45) is 5.92 Å². The Balaban J connectivity index is 2.38. The summed E-state index contributed by atoms with van der Waals surface area (Å²) in [5, 5.41) is 3.37. The van der Waals surface area contributed by atoms with Crippen molar-refractivity contribution in [1.29, 1.82) is 0 Å². The molecule has 0 unspecified atom stereocenters. The summed E-state index contributed by atoms with van der Waals surface area (Å²) in [6, 6.07) is 11.3. The Labute approximate surface area is 168 Å². The lowest BCUT2D eigenvalue weighted by Gasteiger charge is -2.21. The lowest BCUT2D eigenvalue weighted by molar-refractivity contribution is -0.118. The highest BCUT2D eigenvalue weighted by Gasteiger charge is 2.25. The molecule has 1 amide bonds. The predicted molar refractivity (Wildman–Crippen MR) is 107 cm³/mol. The van der Waals surface area contributed by atoms with E-state index < -0.39 is 17.9 Å². The normalized spacial score (nSPS) is 11.6. The number of carbonyl (C=O) groups excluding carboxylic acids is 3. The molecule has 0 spiro atoms. The monoisotopic (exact) mass is 403 g/mol. The average Bonchev–Trinajstić information content (AvgIpc) is 2.67. The summed E-state index contributed by atoms with van der Waals surface area (Å²) >= 11 is 5.94. The third kappa shape index (κ3) is 5.10. The number of methoxy groups -OCH3 is 2. The van der Waals surface area contributed by atoms with Gasteiger partial charge in [0.2, 0.25) is 5.91 Å². The zero-order valence-corrected chi connectivity index (χ0v) is 16.9. The van der Waals surface area contributed by atoms with Crippen LogP contribution in [0.1, 0.15) is 46.0 Å². The Morgan fingerprint density at radius 2 is 1.39 bits per heavy atom. The molecule has 0 heterocycles. The molecule has 148 valence electrons. The van der Waals surface area contributed by atoms with Crippen LogP contribution in [0.15, 0.2) is 42.5 Å². The summed E-state index contributed by atoms with van der Waals surface area (Å²) in [5.41, 5.74) is 1.38. The van der Waals surface area contributed by atoms with E-state index >= 15 is 0 Å². The maximum atomic E-state index is 13.0. The van der Waals surface area contributed by atoms with Gasteiger partial charge in [0.1, 0.15) is 0 Å². The van der Waals surface area contributed by atoms with Crippen LogP contribution in [0.25, 0.3) is 0 Å². The fourth-order valence-electron chi connectivity index (χ4n) is 2.90. The molecule has 0 bridgehead atoms. The van der Waals surface area contributed by atoms with Gasteiger partial charge in [-0.2, -0.15) is 0 Å². The van der Waals surface area contributed by atoms with Gasteiger partial charge in [0.15, 0.2) is 0 Å². The molecule has 0 saturated heterocycles. The Hall–Kier alpha value is -2.86. The van der Waals surface area contributed by atoms with E-state index in [1.54, 1.807) is 24.3 Å². The summed E-state index contributed by atoms with van der Waals surface area (Å²) < 4.78 is 9.43. The van der Waals surface area contributed by atoms with E-state index in [1.807, 2.05) is 13.8 Å². The maximum absolute atomic E-state index is 13.0. The quantitative estimate of drug-likeness (QED) is 0.727. The van der Waals surface area contributed by atoms with Crippen LogP contribution in [0.3, 0.4) is 0 Å². The molecule has 2 rings (SSSR count). The van der Waals surface area contributed by atoms with E-state index in [-0.39, 0.29) is 23.0 Å². The van der Waals surface area contributed by atoms with Gasteiger partial charge in [-0.3, -0.25) is 4.79 Å². The molecule has 6 nitrogen and oxygen atoms in total. The Morgan fingerprint density at radius 3 is 1.82 bits per heavy atom. The third-order valence-corrected chi connectivity index (χ3v) is 4.47. The number of hydrogen-bond donors (Lipinski definition) is 1. The number of rotatable bonds is 6. The molecule has 2 aromatic carbocycles. The van der Waals surface area contributed by atoms with Crippen molar-refractivity contribution in [1.82, 2.24) is 0 Å². The summed E-state index contributed by atoms with van der Waals surface area (Å²) in [5.74, 6) is -1.96. The van der Waals surface area contributed by atoms with Crippen LogP contribution in [0.2, 0.25) is 5.02 Å². The van der Waals surface area contributed by atoms with Crippen LogP contribution in [-0.4, -0.2) is 32.1 Å². The number of esters is 2. The Bertz CT molecular complexity index is 843. The van der Waals surface area contributed by atoms with Gasteiger partial charge in [0.05, 0.1) is 31.3 Å². The van der Waals surface area contributed by atoms with Crippen molar-refractivity contribution >= 4 is 35.1 Å². The first kappa shape index (κ1) is 21.4. The Kier molecular flexibility index (Phi) is 7.18. The number of amides is 1. The third-order valence-electron chi connectivity index (χ3n) is 4.22. The second-order valence-corrected chi connectivity index (χ2v) is 6.98. The van der Waals surface area contributed by atoms with E-state index in [4.69, 9.17) is 21.1 Å². The highest BCUT2D eigenvalue weighted by molar-refractivity contribution is 6.30. The number of nitrogens with one attached hydrogen (secondary N) is 1. The summed E-state index contributed by atoms with van der Waals surface area (Å²) in [7, 11) is 2.47. The van der Waals surface area contributed by atoms with E-state index in [0.29, 0.717) is 10.7 Å². The number of carbonyl (C=O) groups is 3. The van der Waals surface area contributed by atoms with Gasteiger partial charge in [-0.05, 0) is 41.8 Å². The van der Waals surface area contributed by atoms with Crippen molar-refractivity contribution in [3.63, 3.8) is 0 Å². The molecule has 0 aliphatic heterocycles. The van der Waals surface area contributed by atoms with Gasteiger partial charge in [-0.25, -0.2) is 9.59 Å². The fraction of sp³-hybridized carbons (Fsp3) is 0.286. The molecule has 0 aliphatic carbocycles. The zero-order valence-electron chi connectivity index (χ0n) is 16.1. The molecular formula is C21H22ClNO5. The minimum atomic E-state index is -0.626. The van der Waals surface area contributed by atoms with E-state index in [0.717, 1.165) is 5.56 Å². The predicted octanol–water partition coefficient (Wildman–Crippen LogP) is 4.29. The second kappa shape index (κ2) is 9.37. The average molecular weight is 404 g/mol. The van der Waals surface area contributed by atoms with Crippen molar-refractivity contribution in [3.05, 3.63) is 64.2 Å². The molecule has 0 saturated carbocycles. The first-order chi connectivity index (χ1) is 13.3. The largest absolute Gasteiger partial charge is 0.465 e. The van der Waals surface area contributed by atoms with Crippen LogP contribution in [0.5, 0.6) is 0 Å². The van der Waals surface area contributed by atoms with E-state index in [2.05, 4.69) is 5.32 Å². The SMILES string of the molecule is COC(=O)c1cc(NC(=O)[C@@H](c2ccc(Cl)cc2)C(C)C)cc(C(=O)OC)c1. The van der Waals surface area contributed by atoms with E-state index in [1.165, 1.54) is 32.4 Å². The van der Waals surface area contributed by atoms with Crippen LogP contribution < -0.4 is 5.32 Å². The molecule has 7 heteroatoms. The lowest BCUT2D eigenvalue weighted by atomic mass is 9.87. The zero-order chi connectivity index (χ0) is 20.8. The van der Waals surface area contributed by atoms with Gasteiger partial charge < -0.3 is 14.8 Å². The summed E-state index contributed by atoms with van der Waals surface area (Å²) in [6.45, 7) is 3.87. The first-order valence-electron chi connectivity index (χ1n) is 8.64. The Morgan fingerprint density at radius 1 is 0.893 bits per heavy atom. The highest BCUT2D eigenvalue weighted by Crippen LogP contribution is 2.28.